The van der Waals surface area contributed by atoms with Crippen LogP contribution in [0.2, 0.25) is 0 Å². The zero-order valence-electron chi connectivity index (χ0n) is 25.4. The highest BCUT2D eigenvalue weighted by Gasteiger charge is 2.36. The molecule has 0 radical (unpaired) electrons. The first kappa shape index (κ1) is 30.8. The first-order valence-electron chi connectivity index (χ1n) is 15.0. The van der Waals surface area contributed by atoms with Crippen LogP contribution in [0.5, 0.6) is 5.75 Å². The number of unbranched alkanes of at least 4 members (excludes halogenated alkanes) is 2. The predicted molar refractivity (Wildman–Crippen MR) is 176 cm³/mol. The van der Waals surface area contributed by atoms with Crippen molar-refractivity contribution in [3.05, 3.63) is 34.9 Å². The largest absolute Gasteiger partial charge is 0.506 e. The van der Waals surface area contributed by atoms with E-state index in [4.69, 9.17) is 0 Å². The van der Waals surface area contributed by atoms with E-state index in [9.17, 15) is 19.5 Å². The fourth-order valence-electron chi connectivity index (χ4n) is 6.41. The van der Waals surface area contributed by atoms with E-state index in [-0.39, 0.29) is 18.2 Å². The molecule has 4 rings (SSSR count). The van der Waals surface area contributed by atoms with E-state index in [0.29, 0.717) is 24.3 Å². The molecule has 0 bridgehead atoms. The molecule has 8 nitrogen and oxygen atoms in total. The number of piperazine rings is 1. The number of nitrogens with one attached hydrogen (secondary N) is 1. The molecule has 1 unspecified atom stereocenters. The lowest BCUT2D eigenvalue weighted by Crippen LogP contribution is -2.53. The summed E-state index contributed by atoms with van der Waals surface area (Å²) in [6, 6.07) is 5.25. The quantitative estimate of drug-likeness (QED) is 0.158. The lowest BCUT2D eigenvalue weighted by atomic mass is 9.65. The number of carbonyl (C=O) groups is 3. The van der Waals surface area contributed by atoms with Crippen LogP contribution in [-0.4, -0.2) is 110 Å². The zero-order chi connectivity index (χ0) is 29.7. The van der Waals surface area contributed by atoms with Gasteiger partial charge in [-0.05, 0) is 49.4 Å². The lowest BCUT2D eigenvalue weighted by Gasteiger charge is -2.38. The molecule has 2 N–H and O–H groups in total. The van der Waals surface area contributed by atoms with Crippen LogP contribution in [0.1, 0.15) is 53.6 Å². The minimum atomic E-state index is -0.634. The highest BCUT2D eigenvalue weighted by atomic mass is 16.3. The summed E-state index contributed by atoms with van der Waals surface area (Å²) in [6.07, 6.45) is 5.55. The number of fused-ring (bicyclic) bond motifs is 1. The molecule has 0 aromatic heterocycles. The molecule has 2 aliphatic rings. The van der Waals surface area contributed by atoms with Crippen molar-refractivity contribution < 1.29 is 19.5 Å². The third kappa shape index (κ3) is 6.53. The Morgan fingerprint density at radius 2 is 1.73 bits per heavy atom. The summed E-state index contributed by atoms with van der Waals surface area (Å²) in [5, 5.41) is 13.5. The average Bonchev–Trinajstić information content (AvgIpc) is 3.32. The molecular weight excluding hydrogens is 512 g/mol. The molecule has 41 heavy (non-hydrogen) atoms. The molecule has 1 atom stereocenters. The first-order valence-corrected chi connectivity index (χ1v) is 15.0. The molecule has 2 aromatic carbocycles. The molecule has 12 heteroatoms. The second kappa shape index (κ2) is 13.7. The number of phenols is 1. The second-order valence-electron chi connectivity index (χ2n) is 11.6. The van der Waals surface area contributed by atoms with Gasteiger partial charge in [0.2, 0.25) is 5.91 Å². The smallest absolute Gasteiger partial charge is 0.255 e. The summed E-state index contributed by atoms with van der Waals surface area (Å²) in [5.41, 5.74) is 8.49. The van der Waals surface area contributed by atoms with Crippen LogP contribution in [-0.2, 0) is 22.6 Å². The number of benzene rings is 2. The van der Waals surface area contributed by atoms with Crippen LogP contribution in [0.3, 0.4) is 0 Å². The fourth-order valence-corrected chi connectivity index (χ4v) is 6.41. The van der Waals surface area contributed by atoms with E-state index in [1.165, 1.54) is 22.0 Å². The number of rotatable bonds is 12. The second-order valence-corrected chi connectivity index (χ2v) is 11.6. The standard InChI is InChI=1S/C29H42B4N4O4/c1-34-28(40)21(10-6-16-38)37-17-20-18(8-5-9-19(20)29(37)41)7-3-2-4-11-35-12-14-36(15-13-35)26-24(32)22(30)23(31)25(33)27(26)39/h5,8-9,16,21,39H,2-4,6-7,10-15,17,30-33H2,1H3,(H,34,40). The van der Waals surface area contributed by atoms with Crippen LogP contribution in [0, 0.1) is 0 Å². The number of aldehydes is 1. The van der Waals surface area contributed by atoms with E-state index >= 15 is 0 Å². The number of likely N-dealkylation sites (N-methyl/N-ethyl adjacent to an activating group) is 1. The molecule has 2 aromatic rings. The summed E-state index contributed by atoms with van der Waals surface area (Å²) in [7, 11) is 9.91. The molecule has 1 saturated heterocycles. The van der Waals surface area contributed by atoms with Gasteiger partial charge in [0.1, 0.15) is 49.5 Å². The molecule has 1 fully saturated rings. The maximum Gasteiger partial charge on any atom is 0.255 e. The van der Waals surface area contributed by atoms with E-state index in [1.54, 1.807) is 11.9 Å². The molecule has 214 valence electrons. The van der Waals surface area contributed by atoms with Gasteiger partial charge in [0, 0.05) is 51.8 Å². The normalized spacial score (nSPS) is 16.1. The number of amides is 2. The van der Waals surface area contributed by atoms with Gasteiger partial charge in [-0.1, -0.05) is 40.4 Å². The van der Waals surface area contributed by atoms with Crippen molar-refractivity contribution in [1.29, 1.82) is 0 Å². The van der Waals surface area contributed by atoms with E-state index in [1.807, 2.05) is 20.0 Å². The minimum Gasteiger partial charge on any atom is -0.506 e. The molecule has 0 aliphatic carbocycles. The van der Waals surface area contributed by atoms with Gasteiger partial charge < -0.3 is 25.0 Å². The highest BCUT2D eigenvalue weighted by molar-refractivity contribution is 6.64. The number of nitrogens with zero attached hydrogens (tertiary/aromatic N) is 3. The lowest BCUT2D eigenvalue weighted by molar-refractivity contribution is -0.125. The van der Waals surface area contributed by atoms with Crippen molar-refractivity contribution in [2.45, 2.75) is 51.1 Å². The van der Waals surface area contributed by atoms with Crippen molar-refractivity contribution >= 4 is 77.0 Å². The molecular formula is C29H42B4N4O4. The maximum absolute atomic E-state index is 13.2. The number of hydrogen-bond acceptors (Lipinski definition) is 6. The van der Waals surface area contributed by atoms with Crippen LogP contribution < -0.4 is 32.1 Å². The first-order chi connectivity index (χ1) is 19.7. The summed E-state index contributed by atoms with van der Waals surface area (Å²) < 4.78 is 0. The third-order valence-electron chi connectivity index (χ3n) is 9.31. The number of phenolic OH excluding ortho intramolecular Hbond substituents is 1. The van der Waals surface area contributed by atoms with Gasteiger partial charge in [0.15, 0.2) is 0 Å². The van der Waals surface area contributed by atoms with E-state index < -0.39 is 6.04 Å². The summed E-state index contributed by atoms with van der Waals surface area (Å²) >= 11 is 0. The van der Waals surface area contributed by atoms with Crippen molar-refractivity contribution in [3.8, 4) is 5.75 Å². The van der Waals surface area contributed by atoms with E-state index in [2.05, 4.69) is 44.7 Å². The monoisotopic (exact) mass is 554 g/mol. The van der Waals surface area contributed by atoms with Gasteiger partial charge in [-0.15, -0.1) is 0 Å². The number of aryl methyl sites for hydroxylation is 1. The Morgan fingerprint density at radius 3 is 2.41 bits per heavy atom. The third-order valence-corrected chi connectivity index (χ3v) is 9.31. The predicted octanol–water partition coefficient (Wildman–Crippen LogP) is -3.99. The van der Waals surface area contributed by atoms with Gasteiger partial charge in [-0.3, -0.25) is 14.5 Å². The fraction of sp³-hybridized carbons (Fsp3) is 0.483. The molecule has 0 saturated carbocycles. The van der Waals surface area contributed by atoms with Crippen LogP contribution in [0.4, 0.5) is 5.69 Å². The summed E-state index contributed by atoms with van der Waals surface area (Å²) in [4.78, 5) is 43.1. The van der Waals surface area contributed by atoms with Gasteiger partial charge in [0.05, 0.1) is 5.69 Å². The number of hydrogen-bond donors (Lipinski definition) is 2. The molecule has 0 spiro atoms. The minimum absolute atomic E-state index is 0.125. The van der Waals surface area contributed by atoms with Gasteiger partial charge in [0.25, 0.3) is 5.91 Å². The number of anilines is 1. The Bertz CT molecular complexity index is 1270. The van der Waals surface area contributed by atoms with Crippen LogP contribution in [0.25, 0.3) is 0 Å². The van der Waals surface area contributed by atoms with Crippen LogP contribution >= 0.6 is 0 Å². The van der Waals surface area contributed by atoms with Gasteiger partial charge in [-0.25, -0.2) is 0 Å². The Labute approximate surface area is 247 Å². The highest BCUT2D eigenvalue weighted by Crippen LogP contribution is 2.30. The summed E-state index contributed by atoms with van der Waals surface area (Å²) in [6.45, 7) is 5.30. The molecule has 2 aliphatic heterocycles. The Kier molecular flexibility index (Phi) is 10.3. The zero-order valence-corrected chi connectivity index (χ0v) is 25.4. The van der Waals surface area contributed by atoms with Crippen molar-refractivity contribution in [2.24, 2.45) is 0 Å². The average molecular weight is 554 g/mol. The van der Waals surface area contributed by atoms with Crippen LogP contribution in [0.15, 0.2) is 18.2 Å². The van der Waals surface area contributed by atoms with Crippen molar-refractivity contribution in [2.75, 3.05) is 44.7 Å². The topological polar surface area (TPSA) is 93.2 Å². The molecule has 2 heterocycles. The SMILES string of the molecule is Bc1c(B)c(B)c(N2CCN(CCCCCc3cccc4c3CN(C(CCC=O)C(=O)NC)C4=O)CC2)c(O)c1B. The number of aromatic hydroxyl groups is 1. The maximum atomic E-state index is 13.2. The van der Waals surface area contributed by atoms with Gasteiger partial charge >= 0.3 is 0 Å². The Balaban J connectivity index is 1.26. The molecule has 2 amide bonds. The Morgan fingerprint density at radius 1 is 1.02 bits per heavy atom. The van der Waals surface area contributed by atoms with Gasteiger partial charge in [-0.2, -0.15) is 0 Å². The summed E-state index contributed by atoms with van der Waals surface area (Å²) in [5.74, 6) is 0.0766. The van der Waals surface area contributed by atoms with Crippen molar-refractivity contribution in [1.82, 2.24) is 15.1 Å². The Hall–Kier alpha value is -3.13. The number of carbonyl (C=O) groups excluding carboxylic acids is 3. The van der Waals surface area contributed by atoms with Crippen molar-refractivity contribution in [3.63, 3.8) is 0 Å². The van der Waals surface area contributed by atoms with E-state index in [0.717, 1.165) is 81.4 Å².